The van der Waals surface area contributed by atoms with Crippen molar-refractivity contribution >= 4 is 21.9 Å². The Labute approximate surface area is 92.6 Å². The Balaban J connectivity index is 3.23. The summed E-state index contributed by atoms with van der Waals surface area (Å²) < 4.78 is 38.5. The quantitative estimate of drug-likeness (QED) is 0.803. The highest BCUT2D eigenvalue weighted by molar-refractivity contribution is 9.11. The molecule has 0 aromatic heterocycles. The molecule has 0 radical (unpaired) electrons. The normalized spacial score (nSPS) is 31.3. The van der Waals surface area contributed by atoms with Gasteiger partial charge < -0.3 is 5.11 Å². The van der Waals surface area contributed by atoms with Gasteiger partial charge in [0.2, 0.25) is 0 Å². The number of allylic oxidation sites excluding steroid dienone is 3. The topological polar surface area (TPSA) is 37.3 Å². The van der Waals surface area contributed by atoms with Crippen LogP contribution in [0.25, 0.3) is 0 Å². The maximum Gasteiger partial charge on any atom is 0.398 e. The van der Waals surface area contributed by atoms with Gasteiger partial charge in [0.25, 0.3) is 0 Å². The molecule has 1 aliphatic carbocycles. The zero-order chi connectivity index (χ0) is 11.9. The van der Waals surface area contributed by atoms with Crippen LogP contribution in [0.3, 0.4) is 0 Å². The van der Waals surface area contributed by atoms with Crippen LogP contribution in [-0.2, 0) is 4.79 Å². The van der Waals surface area contributed by atoms with Gasteiger partial charge in [0.05, 0.1) is 11.3 Å². The highest BCUT2D eigenvalue weighted by atomic mass is 79.9. The molecule has 0 fully saturated rings. The molecule has 0 spiro atoms. The van der Waals surface area contributed by atoms with E-state index in [0.29, 0.717) is 0 Å². The zero-order valence-electron chi connectivity index (χ0n) is 7.68. The van der Waals surface area contributed by atoms with Gasteiger partial charge in [-0.1, -0.05) is 34.2 Å². The first-order chi connectivity index (χ1) is 6.68. The van der Waals surface area contributed by atoms with E-state index in [2.05, 4.69) is 15.9 Å². The van der Waals surface area contributed by atoms with Crippen LogP contribution in [0.15, 0.2) is 22.7 Å². The monoisotopic (exact) mass is 284 g/mol. The second kappa shape index (κ2) is 3.66. The molecular weight excluding hydrogens is 277 g/mol. The molecule has 0 bridgehead atoms. The average Bonchev–Trinajstić information content (AvgIpc) is 2.00. The van der Waals surface area contributed by atoms with Crippen molar-refractivity contribution < 1.29 is 23.1 Å². The maximum absolute atomic E-state index is 12.7. The van der Waals surface area contributed by atoms with Crippen molar-refractivity contribution in [3.8, 4) is 0 Å². The van der Waals surface area contributed by atoms with Crippen molar-refractivity contribution in [2.75, 3.05) is 0 Å². The van der Waals surface area contributed by atoms with E-state index in [-0.39, 0.29) is 4.48 Å². The maximum atomic E-state index is 12.7. The summed E-state index contributed by atoms with van der Waals surface area (Å²) in [7, 11) is 0. The Morgan fingerprint density at radius 3 is 2.53 bits per heavy atom. The van der Waals surface area contributed by atoms with E-state index in [1.54, 1.807) is 0 Å². The smallest absolute Gasteiger partial charge is 0.398 e. The van der Waals surface area contributed by atoms with Gasteiger partial charge in [-0.15, -0.1) is 0 Å². The van der Waals surface area contributed by atoms with E-state index >= 15 is 0 Å². The van der Waals surface area contributed by atoms with E-state index in [1.165, 1.54) is 6.08 Å². The Kier molecular flexibility index (Phi) is 3.00. The second-order valence-electron chi connectivity index (χ2n) is 3.48. The van der Waals surface area contributed by atoms with Crippen LogP contribution in [0.4, 0.5) is 13.2 Å². The molecule has 0 saturated carbocycles. The molecule has 0 heterocycles. The van der Waals surface area contributed by atoms with Gasteiger partial charge in [0.1, 0.15) is 0 Å². The number of aliphatic carboxylic acids is 1. The number of hydrogen-bond donors (Lipinski definition) is 1. The number of alkyl halides is 3. The molecule has 1 rings (SSSR count). The highest BCUT2D eigenvalue weighted by Gasteiger charge is 2.57. The highest BCUT2D eigenvalue weighted by Crippen LogP contribution is 2.49. The van der Waals surface area contributed by atoms with E-state index in [0.717, 1.165) is 19.1 Å². The largest absolute Gasteiger partial charge is 0.481 e. The van der Waals surface area contributed by atoms with Crippen LogP contribution in [0.2, 0.25) is 0 Å². The summed E-state index contributed by atoms with van der Waals surface area (Å²) in [5, 5.41) is 8.73. The molecule has 0 saturated heterocycles. The number of carboxylic acid groups (broad SMARTS) is 1. The van der Waals surface area contributed by atoms with Crippen molar-refractivity contribution in [3.63, 3.8) is 0 Å². The molecule has 15 heavy (non-hydrogen) atoms. The Bertz CT molecular complexity index is 346. The molecule has 0 amide bonds. The molecule has 0 aliphatic heterocycles. The molecule has 1 aliphatic rings. The van der Waals surface area contributed by atoms with E-state index in [1.807, 2.05) is 0 Å². The lowest BCUT2D eigenvalue weighted by Crippen LogP contribution is -2.44. The van der Waals surface area contributed by atoms with E-state index in [4.69, 9.17) is 5.11 Å². The number of carboxylic acids is 1. The van der Waals surface area contributed by atoms with Gasteiger partial charge in [-0.25, -0.2) is 0 Å². The molecule has 0 aromatic rings. The Hall–Kier alpha value is -0.780. The van der Waals surface area contributed by atoms with Gasteiger partial charge in [0.15, 0.2) is 0 Å². The third-order valence-corrected chi connectivity index (χ3v) is 2.90. The fourth-order valence-corrected chi connectivity index (χ4v) is 2.04. The van der Waals surface area contributed by atoms with Gasteiger partial charge in [-0.3, -0.25) is 4.79 Å². The van der Waals surface area contributed by atoms with Crippen molar-refractivity contribution in [1.29, 1.82) is 0 Å². The SMILES string of the molecule is CC1(C(F)(F)F)C=C(Br)C=CC1C(=O)O. The van der Waals surface area contributed by atoms with Crippen molar-refractivity contribution in [2.24, 2.45) is 11.3 Å². The summed E-state index contributed by atoms with van der Waals surface area (Å²) in [6.07, 6.45) is -1.36. The first-order valence-corrected chi connectivity index (χ1v) is 4.84. The Morgan fingerprint density at radius 1 is 1.60 bits per heavy atom. The standard InChI is InChI=1S/C9H8BrF3O2/c1-8(9(11,12)13)4-5(10)2-3-6(8)7(14)15/h2-4,6H,1H3,(H,14,15). The number of halogens is 4. The molecule has 6 heteroatoms. The molecule has 1 N–H and O–H groups in total. The van der Waals surface area contributed by atoms with Crippen LogP contribution < -0.4 is 0 Å². The molecule has 2 unspecified atom stereocenters. The van der Waals surface area contributed by atoms with Gasteiger partial charge in [-0.05, 0) is 6.92 Å². The van der Waals surface area contributed by atoms with Gasteiger partial charge >= 0.3 is 12.1 Å². The van der Waals surface area contributed by atoms with Crippen molar-refractivity contribution in [3.05, 3.63) is 22.7 Å². The third kappa shape index (κ3) is 2.09. The number of rotatable bonds is 1. The predicted molar refractivity (Wildman–Crippen MR) is 51.4 cm³/mol. The van der Waals surface area contributed by atoms with Gasteiger partial charge in [-0.2, -0.15) is 13.2 Å². The molecule has 2 atom stereocenters. The van der Waals surface area contributed by atoms with Crippen molar-refractivity contribution in [1.82, 2.24) is 0 Å². The van der Waals surface area contributed by atoms with Crippen LogP contribution in [0.1, 0.15) is 6.92 Å². The minimum Gasteiger partial charge on any atom is -0.481 e. The lowest BCUT2D eigenvalue weighted by Gasteiger charge is -2.35. The summed E-state index contributed by atoms with van der Waals surface area (Å²) >= 11 is 2.91. The Morgan fingerprint density at radius 2 is 2.13 bits per heavy atom. The first kappa shape index (κ1) is 12.3. The zero-order valence-corrected chi connectivity index (χ0v) is 9.26. The second-order valence-corrected chi connectivity index (χ2v) is 4.40. The number of carbonyl (C=O) groups is 1. The summed E-state index contributed by atoms with van der Waals surface area (Å²) in [4.78, 5) is 10.7. The summed E-state index contributed by atoms with van der Waals surface area (Å²) in [5.41, 5.74) is -2.37. The fourth-order valence-electron chi connectivity index (χ4n) is 1.41. The third-order valence-electron chi connectivity index (χ3n) is 2.41. The average molecular weight is 285 g/mol. The van der Waals surface area contributed by atoms with Gasteiger partial charge in [0, 0.05) is 4.48 Å². The van der Waals surface area contributed by atoms with Crippen molar-refractivity contribution in [2.45, 2.75) is 13.1 Å². The van der Waals surface area contributed by atoms with Crippen LogP contribution in [-0.4, -0.2) is 17.3 Å². The van der Waals surface area contributed by atoms with E-state index < -0.39 is 23.5 Å². The molecular formula is C9H8BrF3O2. The van der Waals surface area contributed by atoms with Crippen LogP contribution in [0.5, 0.6) is 0 Å². The fraction of sp³-hybridized carbons (Fsp3) is 0.444. The lowest BCUT2D eigenvalue weighted by atomic mass is 9.74. The molecule has 84 valence electrons. The summed E-state index contributed by atoms with van der Waals surface area (Å²) in [6.45, 7) is 0.872. The minimum atomic E-state index is -4.60. The summed E-state index contributed by atoms with van der Waals surface area (Å²) in [5.74, 6) is -3.07. The van der Waals surface area contributed by atoms with E-state index in [9.17, 15) is 18.0 Å². The first-order valence-electron chi connectivity index (χ1n) is 4.04. The predicted octanol–water partition coefficient (Wildman–Crippen LogP) is 3.10. The van der Waals surface area contributed by atoms with Crippen LogP contribution in [0, 0.1) is 11.3 Å². The lowest BCUT2D eigenvalue weighted by molar-refractivity contribution is -0.216. The summed E-state index contributed by atoms with van der Waals surface area (Å²) in [6, 6.07) is 0. The molecule has 0 aromatic carbocycles. The minimum absolute atomic E-state index is 0.236. The number of hydrogen-bond acceptors (Lipinski definition) is 1. The van der Waals surface area contributed by atoms with Crippen LogP contribution >= 0.6 is 15.9 Å². The molecule has 2 nitrogen and oxygen atoms in total.